The molecule has 19 heavy (non-hydrogen) atoms. The molecule has 0 radical (unpaired) electrons. The molecule has 0 aliphatic heterocycles. The molecule has 1 aromatic carbocycles. The Kier molecular flexibility index (Phi) is 3.11. The first-order valence-corrected chi connectivity index (χ1v) is 8.24. The Labute approximate surface area is 116 Å². The SMILES string of the molecule is c1ccc2c(c1)CCC1C(CNC3CCCCC3)C21. The second-order valence-corrected chi connectivity index (χ2v) is 6.83. The van der Waals surface area contributed by atoms with Crippen LogP contribution in [0, 0.1) is 11.8 Å². The molecule has 0 aromatic heterocycles. The molecule has 1 heteroatoms. The zero-order chi connectivity index (χ0) is 12.7. The molecule has 3 unspecified atom stereocenters. The van der Waals surface area contributed by atoms with Crippen LogP contribution in [0.2, 0.25) is 0 Å². The molecule has 1 N–H and O–H groups in total. The number of fused-ring (bicyclic) bond motifs is 3. The summed E-state index contributed by atoms with van der Waals surface area (Å²) in [5.74, 6) is 2.82. The molecule has 1 aromatic rings. The summed E-state index contributed by atoms with van der Waals surface area (Å²) in [6.07, 6.45) is 9.92. The van der Waals surface area contributed by atoms with E-state index in [0.29, 0.717) is 0 Å². The normalized spacial score (nSPS) is 33.6. The average Bonchev–Trinajstić information content (AvgIpc) is 3.20. The Morgan fingerprint density at radius 1 is 1.00 bits per heavy atom. The van der Waals surface area contributed by atoms with Gasteiger partial charge in [-0.3, -0.25) is 0 Å². The lowest BCUT2D eigenvalue weighted by molar-refractivity contribution is 0.365. The fourth-order valence-electron chi connectivity index (χ4n) is 4.60. The summed E-state index contributed by atoms with van der Waals surface area (Å²) >= 11 is 0. The van der Waals surface area contributed by atoms with Crippen LogP contribution in [0.5, 0.6) is 0 Å². The van der Waals surface area contributed by atoms with Gasteiger partial charge in [-0.05, 0) is 61.1 Å². The van der Waals surface area contributed by atoms with Crippen LogP contribution in [0.4, 0.5) is 0 Å². The van der Waals surface area contributed by atoms with Gasteiger partial charge in [0.05, 0.1) is 0 Å². The summed E-state index contributed by atoms with van der Waals surface area (Å²) < 4.78 is 0. The van der Waals surface area contributed by atoms with Crippen molar-refractivity contribution in [3.63, 3.8) is 0 Å². The number of hydrogen-bond donors (Lipinski definition) is 1. The maximum atomic E-state index is 3.87. The van der Waals surface area contributed by atoms with Crippen LogP contribution in [-0.4, -0.2) is 12.6 Å². The summed E-state index contributed by atoms with van der Waals surface area (Å²) in [6, 6.07) is 9.98. The molecule has 4 rings (SSSR count). The van der Waals surface area contributed by atoms with E-state index >= 15 is 0 Å². The van der Waals surface area contributed by atoms with Gasteiger partial charge < -0.3 is 5.32 Å². The summed E-state index contributed by atoms with van der Waals surface area (Å²) in [6.45, 7) is 1.27. The van der Waals surface area contributed by atoms with Crippen molar-refractivity contribution in [1.29, 1.82) is 0 Å². The number of hydrogen-bond acceptors (Lipinski definition) is 1. The molecule has 3 atom stereocenters. The zero-order valence-electron chi connectivity index (χ0n) is 11.8. The number of benzene rings is 1. The van der Waals surface area contributed by atoms with E-state index in [-0.39, 0.29) is 0 Å². The predicted molar refractivity (Wildman–Crippen MR) is 79.4 cm³/mol. The number of nitrogens with one attached hydrogen (secondary N) is 1. The topological polar surface area (TPSA) is 12.0 Å². The van der Waals surface area contributed by atoms with Gasteiger partial charge in [-0.2, -0.15) is 0 Å². The van der Waals surface area contributed by atoms with Gasteiger partial charge in [-0.1, -0.05) is 43.5 Å². The van der Waals surface area contributed by atoms with E-state index < -0.39 is 0 Å². The fraction of sp³-hybridized carbons (Fsp3) is 0.667. The van der Waals surface area contributed by atoms with Gasteiger partial charge >= 0.3 is 0 Å². The third-order valence-electron chi connectivity index (χ3n) is 5.74. The standard InChI is InChI=1S/C18H25N/c1-2-7-14(8-3-1)19-12-17-16-11-10-13-6-4-5-9-15(13)18(16)17/h4-6,9,14,16-19H,1-3,7-8,10-12H2. The van der Waals surface area contributed by atoms with Crippen LogP contribution in [0.3, 0.4) is 0 Å². The molecule has 0 spiro atoms. The largest absolute Gasteiger partial charge is 0.314 e. The molecular formula is C18H25N. The quantitative estimate of drug-likeness (QED) is 0.864. The lowest BCUT2D eigenvalue weighted by atomic mass is 9.92. The summed E-state index contributed by atoms with van der Waals surface area (Å²) in [7, 11) is 0. The highest BCUT2D eigenvalue weighted by Gasteiger charge is 2.52. The summed E-state index contributed by atoms with van der Waals surface area (Å²) in [4.78, 5) is 0. The highest BCUT2D eigenvalue weighted by molar-refractivity contribution is 5.39. The van der Waals surface area contributed by atoms with Gasteiger partial charge in [0.1, 0.15) is 0 Å². The Bertz CT molecular complexity index is 447. The van der Waals surface area contributed by atoms with Crippen molar-refractivity contribution >= 4 is 0 Å². The predicted octanol–water partition coefficient (Wildman–Crippen LogP) is 3.88. The first kappa shape index (κ1) is 12.0. The lowest BCUT2D eigenvalue weighted by Crippen LogP contribution is -2.32. The second-order valence-electron chi connectivity index (χ2n) is 6.83. The minimum atomic E-state index is 0.826. The minimum absolute atomic E-state index is 0.826. The van der Waals surface area contributed by atoms with Crippen LogP contribution in [-0.2, 0) is 6.42 Å². The smallest absolute Gasteiger partial charge is 0.00671 e. The number of rotatable bonds is 3. The molecule has 3 aliphatic rings. The van der Waals surface area contributed by atoms with Crippen LogP contribution in [0.25, 0.3) is 0 Å². The number of aryl methyl sites for hydroxylation is 1. The maximum Gasteiger partial charge on any atom is 0.00671 e. The van der Waals surface area contributed by atoms with Crippen molar-refractivity contribution in [1.82, 2.24) is 5.32 Å². The highest BCUT2D eigenvalue weighted by Crippen LogP contribution is 2.59. The van der Waals surface area contributed by atoms with Crippen molar-refractivity contribution < 1.29 is 0 Å². The molecule has 0 saturated heterocycles. The Balaban J connectivity index is 1.38. The minimum Gasteiger partial charge on any atom is -0.314 e. The third kappa shape index (κ3) is 2.23. The van der Waals surface area contributed by atoms with Gasteiger partial charge in [-0.15, -0.1) is 0 Å². The molecule has 0 heterocycles. The zero-order valence-corrected chi connectivity index (χ0v) is 11.8. The molecule has 0 bridgehead atoms. The van der Waals surface area contributed by atoms with Crippen LogP contribution >= 0.6 is 0 Å². The highest BCUT2D eigenvalue weighted by atomic mass is 14.9. The van der Waals surface area contributed by atoms with Gasteiger partial charge in [0, 0.05) is 6.04 Å². The Morgan fingerprint density at radius 2 is 1.84 bits per heavy atom. The average molecular weight is 255 g/mol. The van der Waals surface area contributed by atoms with E-state index in [0.717, 1.165) is 23.8 Å². The molecule has 3 aliphatic carbocycles. The molecular weight excluding hydrogens is 230 g/mol. The van der Waals surface area contributed by atoms with E-state index in [9.17, 15) is 0 Å². The summed E-state index contributed by atoms with van der Waals surface area (Å²) in [5, 5.41) is 3.87. The second kappa shape index (κ2) is 4.94. The van der Waals surface area contributed by atoms with Crippen molar-refractivity contribution in [2.75, 3.05) is 6.54 Å². The van der Waals surface area contributed by atoms with E-state index in [1.807, 2.05) is 0 Å². The summed E-state index contributed by atoms with van der Waals surface area (Å²) in [5.41, 5.74) is 3.30. The van der Waals surface area contributed by atoms with Gasteiger partial charge in [0.25, 0.3) is 0 Å². The van der Waals surface area contributed by atoms with Crippen molar-refractivity contribution in [2.24, 2.45) is 11.8 Å². The monoisotopic (exact) mass is 255 g/mol. The van der Waals surface area contributed by atoms with Crippen molar-refractivity contribution in [2.45, 2.75) is 56.9 Å². The van der Waals surface area contributed by atoms with E-state index in [1.165, 1.54) is 51.5 Å². The lowest BCUT2D eigenvalue weighted by Gasteiger charge is -2.22. The molecule has 1 nitrogen and oxygen atoms in total. The third-order valence-corrected chi connectivity index (χ3v) is 5.74. The first-order chi connectivity index (χ1) is 9.43. The van der Waals surface area contributed by atoms with Crippen LogP contribution < -0.4 is 5.32 Å². The van der Waals surface area contributed by atoms with E-state index in [2.05, 4.69) is 29.6 Å². The molecule has 0 amide bonds. The van der Waals surface area contributed by atoms with Gasteiger partial charge in [0.15, 0.2) is 0 Å². The van der Waals surface area contributed by atoms with Crippen molar-refractivity contribution in [3.05, 3.63) is 35.4 Å². The maximum absolute atomic E-state index is 3.87. The van der Waals surface area contributed by atoms with Crippen LogP contribution in [0.1, 0.15) is 55.6 Å². The van der Waals surface area contributed by atoms with E-state index in [1.54, 1.807) is 11.1 Å². The van der Waals surface area contributed by atoms with Gasteiger partial charge in [0.2, 0.25) is 0 Å². The first-order valence-electron chi connectivity index (χ1n) is 8.24. The van der Waals surface area contributed by atoms with E-state index in [4.69, 9.17) is 0 Å². The molecule has 2 fully saturated rings. The van der Waals surface area contributed by atoms with Crippen molar-refractivity contribution in [3.8, 4) is 0 Å². The molecule has 102 valence electrons. The van der Waals surface area contributed by atoms with Crippen LogP contribution in [0.15, 0.2) is 24.3 Å². The fourth-order valence-corrected chi connectivity index (χ4v) is 4.60. The molecule has 2 saturated carbocycles. The van der Waals surface area contributed by atoms with Gasteiger partial charge in [-0.25, -0.2) is 0 Å². The Hall–Kier alpha value is -0.820. The Morgan fingerprint density at radius 3 is 2.74 bits per heavy atom.